The molecular weight excluding hydrogens is 346 g/mol. The Hall–Kier alpha value is -1.67. The lowest BCUT2D eigenvalue weighted by atomic mass is 10.2. The van der Waals surface area contributed by atoms with Crippen molar-refractivity contribution in [2.45, 2.75) is 6.04 Å². The molecule has 1 saturated heterocycles. The molecule has 3 rings (SSSR count). The Kier molecular flexibility index (Phi) is 7.44. The fourth-order valence-corrected chi connectivity index (χ4v) is 2.14. The molecule has 0 radical (unpaired) electrons. The number of amides is 1. The van der Waals surface area contributed by atoms with Gasteiger partial charge in [-0.15, -0.1) is 24.8 Å². The van der Waals surface area contributed by atoms with Gasteiger partial charge in [0.05, 0.1) is 13.2 Å². The van der Waals surface area contributed by atoms with Crippen LogP contribution in [0.4, 0.5) is 10.1 Å². The lowest BCUT2D eigenvalue weighted by Gasteiger charge is -2.22. The van der Waals surface area contributed by atoms with Crippen LogP contribution in [0.2, 0.25) is 0 Å². The number of anilines is 1. The molecule has 9 heteroatoms. The van der Waals surface area contributed by atoms with E-state index >= 15 is 0 Å². The van der Waals surface area contributed by atoms with Crippen LogP contribution in [0, 0.1) is 5.82 Å². The van der Waals surface area contributed by atoms with E-state index in [1.807, 2.05) is 0 Å². The number of carbonyl (C=O) groups excluding carboxylic acids is 1. The first-order chi connectivity index (χ1) is 10.2. The number of hydrogen-bond acceptors (Lipinski definition) is 4. The summed E-state index contributed by atoms with van der Waals surface area (Å²) in [5.41, 5.74) is 0.734. The van der Waals surface area contributed by atoms with Crippen molar-refractivity contribution >= 4 is 36.4 Å². The van der Waals surface area contributed by atoms with E-state index in [2.05, 4.69) is 15.7 Å². The Morgan fingerprint density at radius 1 is 1.43 bits per heavy atom. The first-order valence-electron chi connectivity index (χ1n) is 6.65. The number of aromatic nitrogens is 2. The van der Waals surface area contributed by atoms with Crippen molar-refractivity contribution in [1.29, 1.82) is 0 Å². The number of morpholine rings is 1. The molecule has 0 aliphatic carbocycles. The summed E-state index contributed by atoms with van der Waals surface area (Å²) < 4.78 is 20.7. The molecule has 1 atom stereocenters. The molecule has 2 heterocycles. The van der Waals surface area contributed by atoms with Gasteiger partial charge in [-0.1, -0.05) is 0 Å². The van der Waals surface area contributed by atoms with Gasteiger partial charge in [0.25, 0.3) is 0 Å². The largest absolute Gasteiger partial charge is 0.378 e. The quantitative estimate of drug-likeness (QED) is 0.873. The highest BCUT2D eigenvalue weighted by Crippen LogP contribution is 2.17. The van der Waals surface area contributed by atoms with Crippen molar-refractivity contribution in [3.05, 3.63) is 42.5 Å². The van der Waals surface area contributed by atoms with Crippen LogP contribution in [0.3, 0.4) is 0 Å². The van der Waals surface area contributed by atoms with E-state index in [1.54, 1.807) is 30.6 Å². The fourth-order valence-electron chi connectivity index (χ4n) is 2.14. The molecule has 0 spiro atoms. The number of rotatable bonds is 3. The standard InChI is InChI=1S/C14H15FN4O2.2ClH/c15-11-8-10(2-3-13(11)19-6-1-4-17-19)18-14(20)12-9-21-7-5-16-12;;/h1-4,6,8,12,16H,5,7,9H2,(H,18,20);2*1H. The molecule has 1 aromatic carbocycles. The van der Waals surface area contributed by atoms with Crippen LogP contribution < -0.4 is 10.6 Å². The lowest BCUT2D eigenvalue weighted by Crippen LogP contribution is -2.48. The number of benzene rings is 1. The van der Waals surface area contributed by atoms with Gasteiger partial charge in [-0.2, -0.15) is 5.10 Å². The zero-order chi connectivity index (χ0) is 14.7. The van der Waals surface area contributed by atoms with Gasteiger partial charge in [0, 0.05) is 24.6 Å². The average Bonchev–Trinajstić information content (AvgIpc) is 3.02. The van der Waals surface area contributed by atoms with Gasteiger partial charge in [-0.25, -0.2) is 9.07 Å². The van der Waals surface area contributed by atoms with E-state index < -0.39 is 11.9 Å². The summed E-state index contributed by atoms with van der Waals surface area (Å²) in [6.07, 6.45) is 3.23. The van der Waals surface area contributed by atoms with Gasteiger partial charge >= 0.3 is 0 Å². The minimum Gasteiger partial charge on any atom is -0.378 e. The van der Waals surface area contributed by atoms with Crippen LogP contribution in [0.1, 0.15) is 0 Å². The second kappa shape index (κ2) is 8.83. The molecule has 1 aliphatic rings. The highest BCUT2D eigenvalue weighted by molar-refractivity contribution is 5.95. The van der Waals surface area contributed by atoms with Crippen molar-refractivity contribution in [3.8, 4) is 5.69 Å². The van der Waals surface area contributed by atoms with E-state index in [4.69, 9.17) is 4.74 Å². The van der Waals surface area contributed by atoms with E-state index in [1.165, 1.54) is 10.7 Å². The molecule has 1 unspecified atom stereocenters. The molecule has 0 bridgehead atoms. The molecule has 1 amide bonds. The molecule has 1 fully saturated rings. The molecular formula is C14H17Cl2FN4O2. The zero-order valence-corrected chi connectivity index (χ0v) is 13.7. The Bertz CT molecular complexity index is 634. The SMILES string of the molecule is Cl.Cl.O=C(Nc1ccc(-n2cccn2)c(F)c1)C1COCCN1. The van der Waals surface area contributed by atoms with Crippen molar-refractivity contribution in [2.75, 3.05) is 25.1 Å². The Morgan fingerprint density at radius 3 is 2.87 bits per heavy atom. The van der Waals surface area contributed by atoms with Gasteiger partial charge < -0.3 is 15.4 Å². The Labute approximate surface area is 145 Å². The van der Waals surface area contributed by atoms with Crippen LogP contribution in [-0.2, 0) is 9.53 Å². The van der Waals surface area contributed by atoms with Crippen LogP contribution in [0.5, 0.6) is 0 Å². The van der Waals surface area contributed by atoms with E-state index in [-0.39, 0.29) is 30.7 Å². The van der Waals surface area contributed by atoms with Crippen LogP contribution >= 0.6 is 24.8 Å². The van der Waals surface area contributed by atoms with Gasteiger partial charge in [0.15, 0.2) is 5.82 Å². The molecule has 6 nitrogen and oxygen atoms in total. The molecule has 0 saturated carbocycles. The average molecular weight is 363 g/mol. The molecule has 126 valence electrons. The van der Waals surface area contributed by atoms with Crippen molar-refractivity contribution in [1.82, 2.24) is 15.1 Å². The van der Waals surface area contributed by atoms with E-state index in [9.17, 15) is 9.18 Å². The molecule has 23 heavy (non-hydrogen) atoms. The van der Waals surface area contributed by atoms with E-state index in [0.29, 0.717) is 31.1 Å². The van der Waals surface area contributed by atoms with Gasteiger partial charge in [0.1, 0.15) is 11.7 Å². The van der Waals surface area contributed by atoms with Gasteiger partial charge in [-0.3, -0.25) is 4.79 Å². The predicted octanol–water partition coefficient (Wildman–Crippen LogP) is 1.78. The van der Waals surface area contributed by atoms with Gasteiger partial charge in [-0.05, 0) is 24.3 Å². The molecule has 1 aromatic heterocycles. The minimum absolute atomic E-state index is 0. The summed E-state index contributed by atoms with van der Waals surface area (Å²) >= 11 is 0. The van der Waals surface area contributed by atoms with E-state index in [0.717, 1.165) is 0 Å². The van der Waals surface area contributed by atoms with Crippen molar-refractivity contribution < 1.29 is 13.9 Å². The fraction of sp³-hybridized carbons (Fsp3) is 0.286. The minimum atomic E-state index is -0.454. The number of hydrogen-bond donors (Lipinski definition) is 2. The third-order valence-electron chi connectivity index (χ3n) is 3.20. The highest BCUT2D eigenvalue weighted by atomic mass is 35.5. The third-order valence-corrected chi connectivity index (χ3v) is 3.20. The third kappa shape index (κ3) is 4.65. The maximum absolute atomic E-state index is 14.1. The zero-order valence-electron chi connectivity index (χ0n) is 12.1. The van der Waals surface area contributed by atoms with Gasteiger partial charge in [0.2, 0.25) is 5.91 Å². The van der Waals surface area contributed by atoms with Crippen LogP contribution in [-0.4, -0.2) is 41.5 Å². The summed E-state index contributed by atoms with van der Waals surface area (Å²) in [6, 6.07) is 5.79. The topological polar surface area (TPSA) is 68.2 Å². The summed E-state index contributed by atoms with van der Waals surface area (Å²) in [5.74, 6) is -0.690. The number of halogens is 3. The smallest absolute Gasteiger partial charge is 0.243 e. The maximum Gasteiger partial charge on any atom is 0.243 e. The highest BCUT2D eigenvalue weighted by Gasteiger charge is 2.21. The lowest BCUT2D eigenvalue weighted by molar-refractivity contribution is -0.120. The van der Waals surface area contributed by atoms with Crippen LogP contribution in [0.25, 0.3) is 5.69 Å². The van der Waals surface area contributed by atoms with Crippen LogP contribution in [0.15, 0.2) is 36.7 Å². The predicted molar refractivity (Wildman–Crippen MR) is 89.3 cm³/mol. The monoisotopic (exact) mass is 362 g/mol. The summed E-state index contributed by atoms with van der Waals surface area (Å²) in [7, 11) is 0. The number of carbonyl (C=O) groups is 1. The second-order valence-corrected chi connectivity index (χ2v) is 4.69. The van der Waals surface area contributed by atoms with Crippen molar-refractivity contribution in [3.63, 3.8) is 0 Å². The molecule has 2 N–H and O–H groups in total. The first kappa shape index (κ1) is 19.4. The number of nitrogens with zero attached hydrogens (tertiary/aromatic N) is 2. The first-order valence-corrected chi connectivity index (χ1v) is 6.65. The van der Waals surface area contributed by atoms with Crippen molar-refractivity contribution in [2.24, 2.45) is 0 Å². The summed E-state index contributed by atoms with van der Waals surface area (Å²) in [6.45, 7) is 1.54. The Balaban J connectivity index is 0.00000132. The number of nitrogens with one attached hydrogen (secondary N) is 2. The second-order valence-electron chi connectivity index (χ2n) is 4.69. The number of ether oxygens (including phenoxy) is 1. The Morgan fingerprint density at radius 2 is 2.26 bits per heavy atom. The summed E-state index contributed by atoms with van der Waals surface area (Å²) in [5, 5.41) is 9.69. The molecule has 2 aromatic rings. The summed E-state index contributed by atoms with van der Waals surface area (Å²) in [4.78, 5) is 12.0. The molecule has 1 aliphatic heterocycles. The maximum atomic E-state index is 14.1. The normalized spacial score (nSPS) is 16.8.